The number of Topliss-reactive ketones (excluding diaryl/α,β-unsaturated/α-hetero) is 1. The van der Waals surface area contributed by atoms with Crippen LogP contribution in [0.1, 0.15) is 58.6 Å². The third-order valence-corrected chi connectivity index (χ3v) is 11.6. The molecule has 6 aromatic rings. The average molecular weight is 834 g/mol. The number of carbonyl (C=O) groups is 1. The summed E-state index contributed by atoms with van der Waals surface area (Å²) in [5.41, 5.74) is -0.414. The van der Waals surface area contributed by atoms with Crippen LogP contribution in [0.5, 0.6) is 0 Å². The molecular formula is C38H31ClF7N7O3S. The van der Waals surface area contributed by atoms with E-state index in [4.69, 9.17) is 16.6 Å². The van der Waals surface area contributed by atoms with Crippen LogP contribution >= 0.6 is 11.6 Å². The van der Waals surface area contributed by atoms with Gasteiger partial charge in [-0.25, -0.2) is 17.2 Å². The molecule has 2 aliphatic carbocycles. The van der Waals surface area contributed by atoms with Gasteiger partial charge in [-0.3, -0.25) is 23.8 Å². The predicted molar refractivity (Wildman–Crippen MR) is 194 cm³/mol. The van der Waals surface area contributed by atoms with Crippen LogP contribution in [-0.2, 0) is 59.5 Å². The molecule has 1 saturated carbocycles. The Morgan fingerprint density at radius 2 is 1.70 bits per heavy atom. The molecule has 57 heavy (non-hydrogen) atoms. The van der Waals surface area contributed by atoms with E-state index in [1.54, 1.807) is 38.4 Å². The fourth-order valence-corrected chi connectivity index (χ4v) is 9.15. The fourth-order valence-electron chi connectivity index (χ4n) is 8.18. The molecule has 0 amide bonds. The Balaban J connectivity index is 1.29. The van der Waals surface area contributed by atoms with Crippen LogP contribution in [-0.4, -0.2) is 54.8 Å². The Bertz CT molecular complexity index is 2720. The molecular weight excluding hydrogens is 803 g/mol. The van der Waals surface area contributed by atoms with E-state index < -0.39 is 92.8 Å². The second-order valence-corrected chi connectivity index (χ2v) is 17.2. The summed E-state index contributed by atoms with van der Waals surface area (Å²) in [6.07, 6.45) is -3.36. The first kappa shape index (κ1) is 38.8. The lowest BCUT2D eigenvalue weighted by molar-refractivity contribution is -0.142. The van der Waals surface area contributed by atoms with Gasteiger partial charge in [-0.15, -0.1) is 0 Å². The lowest BCUT2D eigenvalue weighted by Crippen LogP contribution is -2.24. The van der Waals surface area contributed by atoms with Gasteiger partial charge in [0, 0.05) is 72.9 Å². The molecule has 2 aliphatic rings. The van der Waals surface area contributed by atoms with Gasteiger partial charge in [0.25, 0.3) is 5.92 Å². The van der Waals surface area contributed by atoms with E-state index in [-0.39, 0.29) is 34.8 Å². The fraction of sp³-hybridized carbons (Fsp3) is 0.342. The van der Waals surface area contributed by atoms with Crippen molar-refractivity contribution in [2.24, 2.45) is 20.0 Å². The molecule has 0 saturated heterocycles. The normalized spacial score (nSPS) is 17.9. The number of aryl methyl sites for hydroxylation is 2. The molecule has 0 radical (unpaired) electrons. The number of pyridine rings is 1. The molecule has 4 heterocycles. The van der Waals surface area contributed by atoms with Gasteiger partial charge >= 0.3 is 6.18 Å². The van der Waals surface area contributed by atoms with E-state index in [2.05, 4.69) is 15.3 Å². The van der Waals surface area contributed by atoms with Crippen LogP contribution in [0.4, 0.5) is 30.7 Å². The summed E-state index contributed by atoms with van der Waals surface area (Å²) in [6, 6.07) is 11.0. The lowest BCUT2D eigenvalue weighted by Gasteiger charge is -2.22. The number of carbonyl (C=O) groups excluding carboxylic acids is 1. The number of hydrogen-bond acceptors (Lipinski definition) is 7. The monoisotopic (exact) mass is 833 g/mol. The molecule has 4 aromatic heterocycles. The summed E-state index contributed by atoms with van der Waals surface area (Å²) in [5.74, 6) is -10.1. The van der Waals surface area contributed by atoms with Crippen LogP contribution in [0.15, 0.2) is 54.7 Å². The lowest BCUT2D eigenvalue weighted by atomic mass is 9.86. The topological polar surface area (TPSA) is 118 Å². The number of ketones is 1. The first-order valence-electron chi connectivity index (χ1n) is 17.6. The predicted octanol–water partition coefficient (Wildman–Crippen LogP) is 7.92. The van der Waals surface area contributed by atoms with E-state index in [1.165, 1.54) is 21.6 Å². The summed E-state index contributed by atoms with van der Waals surface area (Å²) in [7, 11) is -0.327. The molecule has 8 rings (SSSR count). The molecule has 19 heteroatoms. The van der Waals surface area contributed by atoms with Gasteiger partial charge in [-0.05, 0) is 54.7 Å². The van der Waals surface area contributed by atoms with Gasteiger partial charge in [-0.1, -0.05) is 23.7 Å². The minimum atomic E-state index is -5.04. The molecule has 1 fully saturated rings. The molecule has 298 valence electrons. The quantitative estimate of drug-likeness (QED) is 0.122. The first-order valence-corrected chi connectivity index (χ1v) is 20.0. The SMILES string of the molecule is Cn1nccc1-c1ccc(-c2ccc(Cl)c3c(CS(C)(=O)=O)nn(C)c23)c([C@@H](CC(=O)Cn2nc(C(F)(F)F)c3c2C(F)(F)[C@@H]2C[C@H]32)Cc2cc(F)cc(F)c2)n1. The third kappa shape index (κ3) is 7.00. The molecule has 0 N–H and O–H groups in total. The highest BCUT2D eigenvalue weighted by molar-refractivity contribution is 7.89. The molecule has 2 aromatic carbocycles. The van der Waals surface area contributed by atoms with Crippen LogP contribution in [0, 0.1) is 17.6 Å². The summed E-state index contributed by atoms with van der Waals surface area (Å²) >= 11 is 6.64. The Morgan fingerprint density at radius 1 is 1.00 bits per heavy atom. The molecule has 10 nitrogen and oxygen atoms in total. The molecule has 0 bridgehead atoms. The second-order valence-electron chi connectivity index (χ2n) is 14.7. The van der Waals surface area contributed by atoms with Crippen LogP contribution in [0.2, 0.25) is 5.02 Å². The summed E-state index contributed by atoms with van der Waals surface area (Å²) in [5, 5.41) is 12.7. The number of nitrogens with zero attached hydrogens (tertiary/aromatic N) is 7. The Hall–Kier alpha value is -5.10. The van der Waals surface area contributed by atoms with E-state index in [9.17, 15) is 35.2 Å². The number of halogens is 8. The van der Waals surface area contributed by atoms with Gasteiger partial charge < -0.3 is 0 Å². The van der Waals surface area contributed by atoms with E-state index >= 15 is 8.78 Å². The van der Waals surface area contributed by atoms with Crippen molar-refractivity contribution in [3.8, 4) is 22.5 Å². The zero-order valence-corrected chi connectivity index (χ0v) is 31.8. The summed E-state index contributed by atoms with van der Waals surface area (Å²) in [4.78, 5) is 19.0. The zero-order chi connectivity index (χ0) is 40.9. The number of sulfone groups is 1. The van der Waals surface area contributed by atoms with Gasteiger partial charge in [0.15, 0.2) is 21.3 Å². The van der Waals surface area contributed by atoms with Crippen LogP contribution in [0.25, 0.3) is 33.4 Å². The standard InChI is InChI=1S/C38H31ClF7N7O3S/c1-51-30(8-9-47-51)28-7-5-23(24-4-6-27(39)32-29(17-57(3,55)56)49-52(2)34(24)32)33(48-28)19(10-18-11-20(40)14-21(41)12-18)13-22(54)16-53-36-31(35(50-53)38(44,45)46)25-15-26(25)37(36,42)43/h4-9,11-12,14,19,25-26H,10,13,15-17H2,1-3H3/t19-,25+,26-/m1/s1. The smallest absolute Gasteiger partial charge is 0.298 e. The Kier molecular flexibility index (Phi) is 9.18. The van der Waals surface area contributed by atoms with Crippen LogP contribution < -0.4 is 0 Å². The van der Waals surface area contributed by atoms with Gasteiger partial charge in [0.2, 0.25) is 0 Å². The van der Waals surface area contributed by atoms with Gasteiger partial charge in [0.05, 0.1) is 39.1 Å². The number of aromatic nitrogens is 7. The second kappa shape index (κ2) is 13.5. The molecule has 0 aliphatic heterocycles. The minimum absolute atomic E-state index is 0.104. The maximum absolute atomic E-state index is 15.4. The number of alkyl halides is 5. The number of fused-ring (bicyclic) bond motifs is 4. The summed E-state index contributed by atoms with van der Waals surface area (Å²) in [6.45, 7) is -0.944. The van der Waals surface area contributed by atoms with Crippen molar-refractivity contribution in [3.05, 3.63) is 105 Å². The third-order valence-electron chi connectivity index (χ3n) is 10.5. The highest BCUT2D eigenvalue weighted by Crippen LogP contribution is 2.68. The van der Waals surface area contributed by atoms with Crippen molar-refractivity contribution < 1.29 is 43.9 Å². The number of hydrogen-bond donors (Lipinski definition) is 0. The van der Waals surface area contributed by atoms with Crippen molar-refractivity contribution in [2.45, 2.75) is 55.5 Å². The average Bonchev–Trinajstić information content (AvgIpc) is 3.32. The van der Waals surface area contributed by atoms with Crippen LogP contribution in [0.3, 0.4) is 0 Å². The number of rotatable bonds is 11. The van der Waals surface area contributed by atoms with Crippen molar-refractivity contribution >= 4 is 38.1 Å². The van der Waals surface area contributed by atoms with Crippen molar-refractivity contribution in [3.63, 3.8) is 0 Å². The molecule has 3 atom stereocenters. The Labute approximate surface area is 325 Å². The van der Waals surface area contributed by atoms with Gasteiger partial charge in [0.1, 0.15) is 23.9 Å². The van der Waals surface area contributed by atoms with Gasteiger partial charge in [-0.2, -0.15) is 37.2 Å². The minimum Gasteiger partial charge on any atom is -0.298 e. The van der Waals surface area contributed by atoms with E-state index in [0.717, 1.165) is 18.4 Å². The number of benzene rings is 2. The highest BCUT2D eigenvalue weighted by Gasteiger charge is 2.68. The maximum atomic E-state index is 15.4. The maximum Gasteiger partial charge on any atom is 0.435 e. The zero-order valence-electron chi connectivity index (χ0n) is 30.3. The summed E-state index contributed by atoms with van der Waals surface area (Å²) < 4.78 is 130. The van der Waals surface area contributed by atoms with Crippen molar-refractivity contribution in [1.29, 1.82) is 0 Å². The van der Waals surface area contributed by atoms with Crippen molar-refractivity contribution in [1.82, 2.24) is 34.3 Å². The largest absolute Gasteiger partial charge is 0.435 e. The first-order chi connectivity index (χ1) is 26.7. The van der Waals surface area contributed by atoms with E-state index in [1.807, 2.05) is 0 Å². The van der Waals surface area contributed by atoms with Crippen molar-refractivity contribution in [2.75, 3.05) is 6.26 Å². The highest BCUT2D eigenvalue weighted by atomic mass is 35.5. The molecule has 0 spiro atoms. The van der Waals surface area contributed by atoms with E-state index in [0.29, 0.717) is 44.2 Å². The Morgan fingerprint density at radius 3 is 2.35 bits per heavy atom. The molecule has 0 unspecified atom stereocenters.